The van der Waals surface area contributed by atoms with Crippen LogP contribution in [0.15, 0.2) is 24.3 Å². The van der Waals surface area contributed by atoms with E-state index in [1.807, 2.05) is 12.1 Å². The number of nitrogens with zero attached hydrogens (tertiary/aromatic N) is 1. The second-order valence-electron chi connectivity index (χ2n) is 8.29. The van der Waals surface area contributed by atoms with Gasteiger partial charge in [0.1, 0.15) is 5.75 Å². The smallest absolute Gasteiger partial charge is 0.396 e. The maximum absolute atomic E-state index is 13.5. The van der Waals surface area contributed by atoms with E-state index in [2.05, 4.69) is 5.32 Å². The highest BCUT2D eigenvalue weighted by atomic mass is 19.4. The van der Waals surface area contributed by atoms with Gasteiger partial charge in [-0.3, -0.25) is 4.79 Å². The number of nitrogens with one attached hydrogen (secondary N) is 1. The van der Waals surface area contributed by atoms with Crippen molar-refractivity contribution in [2.24, 2.45) is 16.7 Å². The first-order valence-electron chi connectivity index (χ1n) is 9.63. The van der Waals surface area contributed by atoms with Gasteiger partial charge in [0.2, 0.25) is 5.91 Å². The number of fused-ring (bicyclic) bond motifs is 1. The number of carbonyl (C=O) groups excluding carboxylic acids is 1. The second kappa shape index (κ2) is 6.62. The molecule has 2 aliphatic heterocycles. The number of aliphatic hydroxyl groups is 1. The summed E-state index contributed by atoms with van der Waals surface area (Å²) in [6, 6.07) is 7.19. The Labute approximate surface area is 161 Å². The molecule has 1 unspecified atom stereocenters. The molecule has 1 aliphatic carbocycles. The Bertz CT molecular complexity index is 746. The van der Waals surface area contributed by atoms with Crippen molar-refractivity contribution in [1.82, 2.24) is 10.2 Å². The molecule has 0 aromatic heterocycles. The van der Waals surface area contributed by atoms with E-state index in [1.165, 1.54) is 0 Å². The lowest BCUT2D eigenvalue weighted by Gasteiger charge is -2.36. The number of hydrogen-bond donors (Lipinski definition) is 2. The van der Waals surface area contributed by atoms with Crippen molar-refractivity contribution in [3.8, 4) is 5.75 Å². The Morgan fingerprint density at radius 2 is 1.89 bits per heavy atom. The van der Waals surface area contributed by atoms with Gasteiger partial charge in [-0.2, -0.15) is 13.2 Å². The van der Waals surface area contributed by atoms with Gasteiger partial charge in [-0.1, -0.05) is 12.1 Å². The van der Waals surface area contributed by atoms with E-state index in [0.717, 1.165) is 5.56 Å². The van der Waals surface area contributed by atoms with Crippen molar-refractivity contribution in [1.29, 1.82) is 0 Å². The molecule has 1 saturated carbocycles. The Morgan fingerprint density at radius 3 is 2.43 bits per heavy atom. The molecule has 1 aromatic carbocycles. The van der Waals surface area contributed by atoms with Gasteiger partial charge in [-0.05, 0) is 42.9 Å². The molecule has 1 aromatic rings. The Hall–Kier alpha value is -1.80. The minimum absolute atomic E-state index is 0.0248. The molecule has 8 heteroatoms. The summed E-state index contributed by atoms with van der Waals surface area (Å²) < 4.78 is 45.7. The Morgan fingerprint density at radius 1 is 1.25 bits per heavy atom. The fraction of sp³-hybridized carbons (Fsp3) is 0.650. The zero-order valence-corrected chi connectivity index (χ0v) is 15.8. The molecule has 0 bridgehead atoms. The molecule has 3 aliphatic rings. The summed E-state index contributed by atoms with van der Waals surface area (Å²) in [6.45, 7) is 0.688. The number of hydrogen-bond acceptors (Lipinski definition) is 4. The van der Waals surface area contributed by atoms with Crippen LogP contribution in [0.4, 0.5) is 13.2 Å². The minimum Gasteiger partial charge on any atom is -0.497 e. The minimum atomic E-state index is -4.37. The number of benzene rings is 1. The van der Waals surface area contributed by atoms with Crippen LogP contribution >= 0.6 is 0 Å². The summed E-state index contributed by atoms with van der Waals surface area (Å²) in [6.07, 6.45) is -3.99. The number of alkyl halides is 3. The van der Waals surface area contributed by atoms with E-state index in [-0.39, 0.29) is 31.3 Å². The van der Waals surface area contributed by atoms with E-state index in [0.29, 0.717) is 31.7 Å². The largest absolute Gasteiger partial charge is 0.497 e. The number of rotatable bonds is 4. The lowest BCUT2D eigenvalue weighted by atomic mass is 9.86. The number of aliphatic hydroxyl groups excluding tert-OH is 1. The lowest BCUT2D eigenvalue weighted by Crippen LogP contribution is -2.46. The molecule has 2 saturated heterocycles. The van der Waals surface area contributed by atoms with Crippen molar-refractivity contribution in [2.45, 2.75) is 31.5 Å². The fourth-order valence-electron chi connectivity index (χ4n) is 5.05. The lowest BCUT2D eigenvalue weighted by molar-refractivity contribution is -0.194. The van der Waals surface area contributed by atoms with E-state index in [4.69, 9.17) is 4.74 Å². The number of amides is 1. The summed E-state index contributed by atoms with van der Waals surface area (Å²) in [5.41, 5.74) is -2.44. The maximum atomic E-state index is 13.5. The normalized spacial score (nSPS) is 31.4. The SMILES string of the molecule is COc1ccc(C(O)C2CCN(C(=O)[C@@]34CNC[C@]3(C(F)(F)F)C4)CC2)cc1. The zero-order chi connectivity index (χ0) is 20.2. The molecule has 5 nitrogen and oxygen atoms in total. The van der Waals surface area contributed by atoms with Crippen LogP contribution in [-0.2, 0) is 4.79 Å². The number of piperidine rings is 2. The zero-order valence-electron chi connectivity index (χ0n) is 15.8. The van der Waals surface area contributed by atoms with Crippen molar-refractivity contribution in [2.75, 3.05) is 33.3 Å². The molecular formula is C20H25F3N2O3. The standard InChI is InChI=1S/C20H25F3N2O3/c1-28-15-4-2-13(3-5-15)16(26)14-6-8-25(9-7-14)17(27)18-10-19(18,12-24-11-18)20(21,22)23/h2-5,14,16,24,26H,6-12H2,1H3/t16?,18-,19-/m1/s1. The van der Waals surface area contributed by atoms with Crippen LogP contribution in [0, 0.1) is 16.7 Å². The van der Waals surface area contributed by atoms with E-state index < -0.39 is 23.1 Å². The van der Waals surface area contributed by atoms with Crippen molar-refractivity contribution < 1.29 is 27.8 Å². The highest BCUT2D eigenvalue weighted by Gasteiger charge is 2.85. The molecule has 4 rings (SSSR count). The Balaban J connectivity index is 1.38. The van der Waals surface area contributed by atoms with Crippen LogP contribution in [0.1, 0.15) is 30.9 Å². The molecule has 3 atom stereocenters. The summed E-state index contributed by atoms with van der Waals surface area (Å²) in [5.74, 6) is 0.300. The van der Waals surface area contributed by atoms with Gasteiger partial charge < -0.3 is 20.1 Å². The van der Waals surface area contributed by atoms with Crippen molar-refractivity contribution in [3.05, 3.63) is 29.8 Å². The quantitative estimate of drug-likeness (QED) is 0.818. The second-order valence-corrected chi connectivity index (χ2v) is 8.29. The van der Waals surface area contributed by atoms with E-state index in [1.54, 1.807) is 24.1 Å². The maximum Gasteiger partial charge on any atom is 0.396 e. The molecule has 154 valence electrons. The molecule has 2 heterocycles. The first kappa shape index (κ1) is 19.5. The predicted molar refractivity (Wildman–Crippen MR) is 95.7 cm³/mol. The summed E-state index contributed by atoms with van der Waals surface area (Å²) in [4.78, 5) is 14.5. The van der Waals surface area contributed by atoms with Gasteiger partial charge in [0.25, 0.3) is 0 Å². The first-order chi connectivity index (χ1) is 13.2. The molecule has 28 heavy (non-hydrogen) atoms. The van der Waals surface area contributed by atoms with Crippen LogP contribution in [-0.4, -0.2) is 55.4 Å². The topological polar surface area (TPSA) is 61.8 Å². The number of methoxy groups -OCH3 is 1. The van der Waals surface area contributed by atoms with Crippen LogP contribution < -0.4 is 10.1 Å². The summed E-state index contributed by atoms with van der Waals surface area (Å²) in [7, 11) is 1.57. The van der Waals surface area contributed by atoms with Crippen LogP contribution in [0.5, 0.6) is 5.75 Å². The van der Waals surface area contributed by atoms with Gasteiger partial charge in [-0.25, -0.2) is 0 Å². The summed E-state index contributed by atoms with van der Waals surface area (Å²) >= 11 is 0. The van der Waals surface area contributed by atoms with E-state index in [9.17, 15) is 23.1 Å². The van der Waals surface area contributed by atoms with E-state index >= 15 is 0 Å². The summed E-state index contributed by atoms with van der Waals surface area (Å²) in [5, 5.41) is 13.4. The molecule has 1 amide bonds. The fourth-order valence-corrected chi connectivity index (χ4v) is 5.05. The number of ether oxygens (including phenoxy) is 1. The number of carbonyl (C=O) groups is 1. The molecule has 3 fully saturated rings. The van der Waals surface area contributed by atoms with Crippen molar-refractivity contribution in [3.63, 3.8) is 0 Å². The number of likely N-dealkylation sites (tertiary alicyclic amines) is 1. The van der Waals surface area contributed by atoms with Crippen LogP contribution in [0.3, 0.4) is 0 Å². The highest BCUT2D eigenvalue weighted by molar-refractivity contribution is 5.88. The molecule has 2 N–H and O–H groups in total. The third-order valence-corrected chi connectivity index (χ3v) is 6.93. The van der Waals surface area contributed by atoms with Gasteiger partial charge >= 0.3 is 6.18 Å². The van der Waals surface area contributed by atoms with Gasteiger partial charge in [0.15, 0.2) is 0 Å². The molecule has 0 spiro atoms. The van der Waals surface area contributed by atoms with Gasteiger partial charge in [-0.15, -0.1) is 0 Å². The number of halogens is 3. The third-order valence-electron chi connectivity index (χ3n) is 6.93. The third kappa shape index (κ3) is 2.80. The van der Waals surface area contributed by atoms with Gasteiger partial charge in [0, 0.05) is 26.2 Å². The predicted octanol–water partition coefficient (Wildman–Crippen LogP) is 2.51. The van der Waals surface area contributed by atoms with Crippen LogP contribution in [0.25, 0.3) is 0 Å². The Kier molecular flexibility index (Phi) is 4.62. The average Bonchev–Trinajstić information content (AvgIpc) is 3.24. The average molecular weight is 398 g/mol. The monoisotopic (exact) mass is 398 g/mol. The van der Waals surface area contributed by atoms with Crippen LogP contribution in [0.2, 0.25) is 0 Å². The van der Waals surface area contributed by atoms with Crippen molar-refractivity contribution >= 4 is 5.91 Å². The molecule has 0 radical (unpaired) electrons. The molecular weight excluding hydrogens is 373 g/mol. The highest BCUT2D eigenvalue weighted by Crippen LogP contribution is 2.73. The first-order valence-corrected chi connectivity index (χ1v) is 9.63. The van der Waals surface area contributed by atoms with Gasteiger partial charge in [0.05, 0.1) is 24.0 Å².